The Bertz CT molecular complexity index is 963. The zero-order valence-corrected chi connectivity index (χ0v) is 18.2. The highest BCUT2D eigenvalue weighted by Crippen LogP contribution is 2.17. The molecule has 1 amide bonds. The lowest BCUT2D eigenvalue weighted by Gasteiger charge is -2.34. The van der Waals surface area contributed by atoms with Gasteiger partial charge in [-0.1, -0.05) is 30.3 Å². The molecule has 158 valence electrons. The zero-order valence-electron chi connectivity index (χ0n) is 17.4. The van der Waals surface area contributed by atoms with E-state index in [1.54, 1.807) is 11.3 Å². The summed E-state index contributed by atoms with van der Waals surface area (Å²) in [5.41, 5.74) is 2.52. The number of piperazine rings is 1. The van der Waals surface area contributed by atoms with Crippen molar-refractivity contribution in [2.75, 3.05) is 26.2 Å². The molecule has 0 unspecified atom stereocenters. The van der Waals surface area contributed by atoms with Crippen LogP contribution in [0.5, 0.6) is 0 Å². The molecule has 1 N–H and O–H groups in total. The fourth-order valence-electron chi connectivity index (χ4n) is 3.55. The summed E-state index contributed by atoms with van der Waals surface area (Å²) < 4.78 is 5.56. The highest BCUT2D eigenvalue weighted by atomic mass is 32.1. The van der Waals surface area contributed by atoms with E-state index in [4.69, 9.17) is 4.42 Å². The van der Waals surface area contributed by atoms with E-state index in [2.05, 4.69) is 49.4 Å². The van der Waals surface area contributed by atoms with Crippen LogP contribution in [0.1, 0.15) is 45.6 Å². The van der Waals surface area contributed by atoms with Crippen LogP contribution in [0, 0.1) is 6.92 Å². The fourth-order valence-corrected chi connectivity index (χ4v) is 4.26. The first-order valence-corrected chi connectivity index (χ1v) is 11.1. The molecule has 3 heterocycles. The molecular weight excluding hydrogens is 398 g/mol. The van der Waals surface area contributed by atoms with Crippen molar-refractivity contribution >= 4 is 17.2 Å². The minimum Gasteiger partial charge on any atom is -0.447 e. The van der Waals surface area contributed by atoms with Gasteiger partial charge in [0.2, 0.25) is 5.89 Å². The second-order valence-electron chi connectivity index (χ2n) is 7.65. The van der Waals surface area contributed by atoms with Gasteiger partial charge >= 0.3 is 0 Å². The number of benzene rings is 1. The van der Waals surface area contributed by atoms with Crippen LogP contribution >= 0.6 is 11.3 Å². The van der Waals surface area contributed by atoms with E-state index in [0.717, 1.165) is 43.4 Å². The Hall–Kier alpha value is -2.55. The molecule has 1 saturated heterocycles. The van der Waals surface area contributed by atoms with E-state index in [1.807, 2.05) is 25.3 Å². The summed E-state index contributed by atoms with van der Waals surface area (Å²) in [6.45, 7) is 9.40. The van der Waals surface area contributed by atoms with Crippen molar-refractivity contribution in [1.29, 1.82) is 0 Å². The van der Waals surface area contributed by atoms with Crippen LogP contribution in [0.15, 0.2) is 46.4 Å². The second kappa shape index (κ2) is 9.51. The predicted octanol–water partition coefficient (Wildman–Crippen LogP) is 3.25. The molecule has 30 heavy (non-hydrogen) atoms. The van der Waals surface area contributed by atoms with Gasteiger partial charge in [-0.25, -0.2) is 9.97 Å². The van der Waals surface area contributed by atoms with Gasteiger partial charge in [0.25, 0.3) is 5.91 Å². The van der Waals surface area contributed by atoms with Crippen LogP contribution in [0.2, 0.25) is 0 Å². The number of aryl methyl sites for hydroxylation is 1. The van der Waals surface area contributed by atoms with E-state index >= 15 is 0 Å². The lowest BCUT2D eigenvalue weighted by Crippen LogP contribution is -2.45. The van der Waals surface area contributed by atoms with Crippen molar-refractivity contribution in [3.8, 4) is 0 Å². The van der Waals surface area contributed by atoms with Gasteiger partial charge in [-0.3, -0.25) is 14.6 Å². The highest BCUT2D eigenvalue weighted by molar-refractivity contribution is 7.09. The van der Waals surface area contributed by atoms with Crippen LogP contribution in [0.25, 0.3) is 0 Å². The van der Waals surface area contributed by atoms with Gasteiger partial charge in [-0.05, 0) is 19.4 Å². The summed E-state index contributed by atoms with van der Waals surface area (Å²) in [7, 11) is 0. The molecule has 8 heteroatoms. The summed E-state index contributed by atoms with van der Waals surface area (Å²) in [6, 6.07) is 10.4. The fraction of sp³-hybridized carbons (Fsp3) is 0.409. The number of hydrogen-bond acceptors (Lipinski definition) is 7. The number of thiazole rings is 1. The molecule has 7 nitrogen and oxygen atoms in total. The van der Waals surface area contributed by atoms with Gasteiger partial charge in [0, 0.05) is 38.1 Å². The molecule has 1 aromatic carbocycles. The van der Waals surface area contributed by atoms with Crippen molar-refractivity contribution in [2.45, 2.75) is 33.0 Å². The van der Waals surface area contributed by atoms with E-state index < -0.39 is 0 Å². The summed E-state index contributed by atoms with van der Waals surface area (Å²) in [5, 5.41) is 5.88. The number of nitrogens with zero attached hydrogens (tertiary/aromatic N) is 4. The molecule has 0 spiro atoms. The average Bonchev–Trinajstić information content (AvgIpc) is 3.39. The Balaban J connectivity index is 1.25. The Morgan fingerprint density at radius 2 is 1.83 bits per heavy atom. The molecule has 0 aliphatic carbocycles. The maximum Gasteiger partial charge on any atom is 0.273 e. The monoisotopic (exact) mass is 425 g/mol. The number of nitrogens with one attached hydrogen (secondary N) is 1. The molecule has 1 aliphatic heterocycles. The number of carbonyl (C=O) groups is 1. The van der Waals surface area contributed by atoms with Crippen LogP contribution in [-0.4, -0.2) is 51.9 Å². The average molecular weight is 426 g/mol. The molecule has 0 saturated carbocycles. The SMILES string of the molecule is Cc1nc([C@@H](C)NC(=O)c2coc(CN3CCN(Cc4ccccc4)CC3)n2)cs1. The van der Waals surface area contributed by atoms with Crippen LogP contribution < -0.4 is 5.32 Å². The number of carbonyl (C=O) groups excluding carboxylic acids is 1. The summed E-state index contributed by atoms with van der Waals surface area (Å²) in [6.07, 6.45) is 1.44. The first-order valence-electron chi connectivity index (χ1n) is 10.2. The van der Waals surface area contributed by atoms with Crippen molar-refractivity contribution in [1.82, 2.24) is 25.1 Å². The normalized spacial score (nSPS) is 16.5. The lowest BCUT2D eigenvalue weighted by molar-refractivity contribution is 0.0933. The summed E-state index contributed by atoms with van der Waals surface area (Å²) >= 11 is 1.57. The standard InChI is InChI=1S/C22H27N5O2S/c1-16(20-15-30-17(2)24-20)23-22(28)19-14-29-21(25-19)13-27-10-8-26(9-11-27)12-18-6-4-3-5-7-18/h3-7,14-16H,8-13H2,1-2H3,(H,23,28)/t16-/m1/s1. The molecule has 0 radical (unpaired) electrons. The van der Waals surface area contributed by atoms with Gasteiger partial charge in [-0.2, -0.15) is 0 Å². The van der Waals surface area contributed by atoms with Crippen molar-refractivity contribution in [3.05, 3.63) is 69.8 Å². The smallest absolute Gasteiger partial charge is 0.273 e. The molecule has 0 bridgehead atoms. The largest absolute Gasteiger partial charge is 0.447 e. The van der Waals surface area contributed by atoms with Gasteiger partial charge in [0.1, 0.15) is 6.26 Å². The van der Waals surface area contributed by atoms with Gasteiger partial charge in [0.05, 0.1) is 23.3 Å². The second-order valence-corrected chi connectivity index (χ2v) is 8.71. The number of aromatic nitrogens is 2. The van der Waals surface area contributed by atoms with Crippen LogP contribution in [0.3, 0.4) is 0 Å². The van der Waals surface area contributed by atoms with Crippen LogP contribution in [-0.2, 0) is 13.1 Å². The Morgan fingerprint density at radius 1 is 1.13 bits per heavy atom. The van der Waals surface area contributed by atoms with E-state index in [1.165, 1.54) is 11.8 Å². The predicted molar refractivity (Wildman–Crippen MR) is 116 cm³/mol. The molecule has 4 rings (SSSR count). The van der Waals surface area contributed by atoms with Crippen molar-refractivity contribution < 1.29 is 9.21 Å². The Labute approximate surface area is 180 Å². The van der Waals surface area contributed by atoms with Crippen molar-refractivity contribution in [3.63, 3.8) is 0 Å². The van der Waals surface area contributed by atoms with E-state index in [0.29, 0.717) is 18.1 Å². The third kappa shape index (κ3) is 5.33. The Kier molecular flexibility index (Phi) is 6.56. The number of hydrogen-bond donors (Lipinski definition) is 1. The van der Waals surface area contributed by atoms with Crippen LogP contribution in [0.4, 0.5) is 0 Å². The summed E-state index contributed by atoms with van der Waals surface area (Å²) in [5.74, 6) is 0.338. The maximum absolute atomic E-state index is 12.5. The number of rotatable bonds is 7. The molecule has 1 fully saturated rings. The van der Waals surface area contributed by atoms with E-state index in [-0.39, 0.29) is 11.9 Å². The maximum atomic E-state index is 12.5. The Morgan fingerprint density at radius 3 is 2.50 bits per heavy atom. The molecule has 3 aromatic rings. The molecule has 2 aromatic heterocycles. The number of amides is 1. The third-order valence-corrected chi connectivity index (χ3v) is 6.08. The molecule has 1 aliphatic rings. The lowest BCUT2D eigenvalue weighted by atomic mass is 10.2. The quantitative estimate of drug-likeness (QED) is 0.626. The van der Waals surface area contributed by atoms with Gasteiger partial charge < -0.3 is 9.73 Å². The minimum atomic E-state index is -0.240. The topological polar surface area (TPSA) is 74.5 Å². The molecular formula is C22H27N5O2S. The van der Waals surface area contributed by atoms with Gasteiger partial charge in [-0.15, -0.1) is 11.3 Å². The summed E-state index contributed by atoms with van der Waals surface area (Å²) in [4.78, 5) is 26.1. The third-order valence-electron chi connectivity index (χ3n) is 5.29. The first kappa shape index (κ1) is 20.7. The first-order chi connectivity index (χ1) is 14.6. The van der Waals surface area contributed by atoms with Crippen molar-refractivity contribution in [2.24, 2.45) is 0 Å². The van der Waals surface area contributed by atoms with E-state index in [9.17, 15) is 4.79 Å². The number of oxazole rings is 1. The highest BCUT2D eigenvalue weighted by Gasteiger charge is 2.21. The minimum absolute atomic E-state index is 0.166. The molecule has 1 atom stereocenters. The zero-order chi connectivity index (χ0) is 20.9. The van der Waals surface area contributed by atoms with Gasteiger partial charge in [0.15, 0.2) is 5.69 Å².